The smallest absolute Gasteiger partial charge is 0.425 e. The van der Waals surface area contributed by atoms with Crippen molar-refractivity contribution in [3.05, 3.63) is 12.7 Å². The molecule has 308 valence electrons. The van der Waals surface area contributed by atoms with Crippen molar-refractivity contribution in [2.75, 3.05) is 11.5 Å². The molecule has 1 fully saturated rings. The normalized spacial score (nSPS) is 21.1. The zero-order chi connectivity index (χ0) is 41.8. The van der Waals surface area contributed by atoms with Crippen molar-refractivity contribution < 1.29 is 37.1 Å². The average Bonchev–Trinajstić information content (AvgIpc) is 3.49. The highest BCUT2D eigenvalue weighted by atomic mass is 28.4. The van der Waals surface area contributed by atoms with Crippen LogP contribution in [0.1, 0.15) is 110 Å². The number of rotatable bonds is 9. The first-order chi connectivity index (χ1) is 24.0. The molecular weight excluding hydrogens is 739 g/mol. The molecule has 0 radical (unpaired) electrons. The van der Waals surface area contributed by atoms with Gasteiger partial charge in [-0.3, -0.25) is 4.57 Å². The Morgan fingerprint density at radius 1 is 0.685 bits per heavy atom. The second kappa shape index (κ2) is 15.3. The highest BCUT2D eigenvalue weighted by Crippen LogP contribution is 2.47. The Hall–Kier alpha value is -2.22. The zero-order valence-electron chi connectivity index (χ0n) is 37.2. The molecule has 13 nitrogen and oxygen atoms in total. The van der Waals surface area contributed by atoms with Crippen molar-refractivity contribution >= 4 is 54.1 Å². The van der Waals surface area contributed by atoms with E-state index in [1.165, 1.54) is 6.33 Å². The number of carbonyl (C=O) groups is 2. The molecule has 1 saturated heterocycles. The number of ether oxygens (including phenoxy) is 3. The second-order valence-electron chi connectivity index (χ2n) is 21.1. The molecule has 0 aromatic carbocycles. The number of hydrogen-bond acceptors (Lipinski definition) is 11. The number of nitrogens with zero attached hydrogens (tertiary/aromatic N) is 5. The van der Waals surface area contributed by atoms with Crippen molar-refractivity contribution in [3.63, 3.8) is 0 Å². The van der Waals surface area contributed by atoms with Crippen molar-refractivity contribution in [3.8, 4) is 0 Å². The van der Waals surface area contributed by atoms with E-state index in [4.69, 9.17) is 32.5 Å². The highest BCUT2D eigenvalue weighted by molar-refractivity contribution is 6.75. The lowest BCUT2D eigenvalue weighted by molar-refractivity contribution is -0.0470. The van der Waals surface area contributed by atoms with Crippen LogP contribution in [0.3, 0.4) is 0 Å². The molecule has 0 bridgehead atoms. The van der Waals surface area contributed by atoms with Crippen LogP contribution in [-0.4, -0.2) is 92.8 Å². The first kappa shape index (κ1) is 46.2. The number of imide groups is 1. The Labute approximate surface area is 328 Å². The predicted molar refractivity (Wildman–Crippen MR) is 221 cm³/mol. The number of aromatic nitrogens is 4. The molecule has 0 unspecified atom stereocenters. The Morgan fingerprint density at radius 2 is 1.13 bits per heavy atom. The van der Waals surface area contributed by atoms with Gasteiger partial charge in [0.25, 0.3) is 0 Å². The van der Waals surface area contributed by atoms with Crippen LogP contribution in [0.2, 0.25) is 54.4 Å². The van der Waals surface area contributed by atoms with E-state index in [1.54, 1.807) is 52.4 Å². The summed E-state index contributed by atoms with van der Waals surface area (Å²) in [5, 5.41) is -0.226. The fourth-order valence-corrected chi connectivity index (χ4v) is 8.55. The molecule has 0 aliphatic carbocycles. The number of carbonyl (C=O) groups excluding carboxylic acids is 2. The van der Waals surface area contributed by atoms with Gasteiger partial charge in [-0.1, -0.05) is 62.3 Å². The minimum Gasteiger partial charge on any atom is -0.443 e. The van der Waals surface area contributed by atoms with Crippen molar-refractivity contribution in [1.29, 1.82) is 0 Å². The number of amides is 2. The standard InChI is InChI=1S/C38H71N5O8Si3/c1-34(2,3)48-32(44)43(33(45)49-35(4,5)6)30-26-29(39-23-40-30)42(24-41-26)31-28(51-54(20,21)38(13,14)15)27(50-53(18,19)37(10,11)12)25(47-31)22-46-52(16,17)36(7,8)9/h23-25,27-28,31H,22H2,1-21H3/t25-,27-,28-,31-/m1/s1. The SMILES string of the molecule is CC(C)(C)OC(=O)N(C(=O)OC(C)(C)C)c1ncnc2c1ncn2[C@@H]1O[C@H](CO[Si](C)(C)C(C)(C)C)[C@@H](O[Si](C)(C)C(C)(C)C)[C@H]1O[Si](C)(C)C(C)(C)C. The summed E-state index contributed by atoms with van der Waals surface area (Å²) in [5.74, 6) is -0.0750. The fraction of sp³-hybridized carbons (Fsp3) is 0.816. The quantitative estimate of drug-likeness (QED) is 0.224. The van der Waals surface area contributed by atoms with Crippen LogP contribution in [-0.2, 0) is 27.5 Å². The molecule has 1 aliphatic heterocycles. The van der Waals surface area contributed by atoms with Gasteiger partial charge in [0.05, 0.1) is 12.9 Å². The number of anilines is 1. The molecule has 4 atom stereocenters. The van der Waals surface area contributed by atoms with E-state index in [2.05, 4.69) is 112 Å². The molecule has 0 saturated carbocycles. The topological polar surface area (TPSA) is 136 Å². The first-order valence-corrected chi connectivity index (χ1v) is 27.8. The highest BCUT2D eigenvalue weighted by Gasteiger charge is 2.55. The largest absolute Gasteiger partial charge is 0.443 e. The summed E-state index contributed by atoms with van der Waals surface area (Å²) < 4.78 is 41.6. The minimum absolute atomic E-state index is 0.0140. The van der Waals surface area contributed by atoms with Gasteiger partial charge in [-0.2, -0.15) is 4.90 Å². The van der Waals surface area contributed by atoms with Crippen LogP contribution in [0, 0.1) is 0 Å². The molecule has 2 aromatic heterocycles. The molecule has 3 heterocycles. The van der Waals surface area contributed by atoms with Crippen LogP contribution in [0.5, 0.6) is 0 Å². The van der Waals surface area contributed by atoms with Gasteiger partial charge in [0.2, 0.25) is 0 Å². The molecule has 0 N–H and O–H groups in total. The second-order valence-corrected chi connectivity index (χ2v) is 35.5. The Kier molecular flexibility index (Phi) is 13.1. The van der Waals surface area contributed by atoms with Gasteiger partial charge in [-0.15, -0.1) is 0 Å². The lowest BCUT2D eigenvalue weighted by atomic mass is 10.1. The van der Waals surface area contributed by atoms with E-state index < -0.39 is 72.9 Å². The van der Waals surface area contributed by atoms with E-state index in [9.17, 15) is 9.59 Å². The van der Waals surface area contributed by atoms with Crippen molar-refractivity contribution in [2.45, 2.75) is 194 Å². The van der Waals surface area contributed by atoms with E-state index in [0.29, 0.717) is 12.3 Å². The van der Waals surface area contributed by atoms with E-state index >= 15 is 0 Å². The van der Waals surface area contributed by atoms with E-state index in [-0.39, 0.29) is 26.4 Å². The molecule has 3 rings (SSSR count). The van der Waals surface area contributed by atoms with Gasteiger partial charge in [0, 0.05) is 0 Å². The van der Waals surface area contributed by atoms with Gasteiger partial charge in [0.1, 0.15) is 35.8 Å². The summed E-state index contributed by atoms with van der Waals surface area (Å²) in [4.78, 5) is 41.8. The van der Waals surface area contributed by atoms with Gasteiger partial charge in [0.15, 0.2) is 48.2 Å². The summed E-state index contributed by atoms with van der Waals surface area (Å²) in [7, 11) is -7.04. The summed E-state index contributed by atoms with van der Waals surface area (Å²) in [6.07, 6.45) is -1.29. The number of imidazole rings is 1. The third-order valence-corrected chi connectivity index (χ3v) is 24.6. The molecule has 2 amide bonds. The third-order valence-electron chi connectivity index (χ3n) is 11.2. The summed E-state index contributed by atoms with van der Waals surface area (Å²) in [6.45, 7) is 44.0. The number of hydrogen-bond donors (Lipinski definition) is 0. The Bertz CT molecular complexity index is 1620. The van der Waals surface area contributed by atoms with Crippen LogP contribution in [0.15, 0.2) is 12.7 Å². The summed E-state index contributed by atoms with van der Waals surface area (Å²) in [5.41, 5.74) is -1.29. The maximum absolute atomic E-state index is 13.7. The molecule has 16 heteroatoms. The maximum atomic E-state index is 13.7. The zero-order valence-corrected chi connectivity index (χ0v) is 40.2. The van der Waals surface area contributed by atoms with Gasteiger partial charge in [-0.05, 0) is 95.9 Å². The average molecular weight is 810 g/mol. The van der Waals surface area contributed by atoms with Crippen LogP contribution in [0.4, 0.5) is 15.4 Å². The lowest BCUT2D eigenvalue weighted by Gasteiger charge is -2.44. The molecule has 1 aliphatic rings. The van der Waals surface area contributed by atoms with Crippen LogP contribution >= 0.6 is 0 Å². The van der Waals surface area contributed by atoms with Gasteiger partial charge >= 0.3 is 12.2 Å². The molecular formula is C38H71N5O8Si3. The lowest BCUT2D eigenvalue weighted by Crippen LogP contribution is -2.54. The van der Waals surface area contributed by atoms with Crippen molar-refractivity contribution in [1.82, 2.24) is 19.5 Å². The molecule has 2 aromatic rings. The van der Waals surface area contributed by atoms with Gasteiger partial charge < -0.3 is 27.5 Å². The van der Waals surface area contributed by atoms with E-state index in [1.807, 2.05) is 0 Å². The minimum atomic E-state index is -2.45. The molecule has 0 spiro atoms. The number of fused-ring (bicyclic) bond motifs is 1. The summed E-state index contributed by atoms with van der Waals surface area (Å²) in [6, 6.07) is 0. The predicted octanol–water partition coefficient (Wildman–Crippen LogP) is 10.2. The first-order valence-electron chi connectivity index (χ1n) is 19.1. The van der Waals surface area contributed by atoms with Crippen LogP contribution < -0.4 is 4.90 Å². The third kappa shape index (κ3) is 10.6. The monoisotopic (exact) mass is 809 g/mol. The van der Waals surface area contributed by atoms with Crippen molar-refractivity contribution in [2.24, 2.45) is 0 Å². The Balaban J connectivity index is 2.29. The maximum Gasteiger partial charge on any atom is 0.425 e. The Morgan fingerprint density at radius 3 is 1.56 bits per heavy atom. The fourth-order valence-electron chi connectivity index (χ4n) is 4.93. The van der Waals surface area contributed by atoms with E-state index in [0.717, 1.165) is 4.90 Å². The van der Waals surface area contributed by atoms with Crippen LogP contribution in [0.25, 0.3) is 11.2 Å². The summed E-state index contributed by atoms with van der Waals surface area (Å²) >= 11 is 0. The molecule has 54 heavy (non-hydrogen) atoms. The van der Waals surface area contributed by atoms with Gasteiger partial charge in [-0.25, -0.2) is 24.5 Å².